The van der Waals surface area contributed by atoms with Gasteiger partial charge in [0.1, 0.15) is 0 Å². The lowest BCUT2D eigenvalue weighted by Crippen LogP contribution is -2.06. The minimum atomic E-state index is 0.328. The first kappa shape index (κ1) is 9.72. The van der Waals surface area contributed by atoms with Gasteiger partial charge >= 0.3 is 0 Å². The monoisotopic (exact) mass is 190 g/mol. The van der Waals surface area contributed by atoms with Crippen molar-refractivity contribution in [3.63, 3.8) is 0 Å². The van der Waals surface area contributed by atoms with E-state index in [2.05, 4.69) is 30.3 Å². The van der Waals surface area contributed by atoms with Crippen LogP contribution in [0.3, 0.4) is 0 Å². The maximum Gasteiger partial charge on any atom is 0.0487 e. The molecule has 0 aliphatic heterocycles. The van der Waals surface area contributed by atoms with Crippen molar-refractivity contribution in [1.29, 1.82) is 0 Å². The Morgan fingerprint density at radius 2 is 1.86 bits per heavy atom. The second-order valence-electron chi connectivity index (χ2n) is 4.50. The van der Waals surface area contributed by atoms with Crippen molar-refractivity contribution in [3.8, 4) is 0 Å². The van der Waals surface area contributed by atoms with Gasteiger partial charge in [-0.25, -0.2) is 0 Å². The SMILES string of the molecule is OCC1(CCCc2ccccc2)CC1. The largest absolute Gasteiger partial charge is 0.396 e. The van der Waals surface area contributed by atoms with Crippen molar-refractivity contribution in [3.05, 3.63) is 35.9 Å². The molecule has 1 aliphatic rings. The van der Waals surface area contributed by atoms with Gasteiger partial charge in [-0.15, -0.1) is 0 Å². The van der Waals surface area contributed by atoms with Gasteiger partial charge in [0.2, 0.25) is 0 Å². The van der Waals surface area contributed by atoms with E-state index >= 15 is 0 Å². The van der Waals surface area contributed by atoms with Gasteiger partial charge in [-0.1, -0.05) is 30.3 Å². The molecule has 1 N–H and O–H groups in total. The zero-order valence-corrected chi connectivity index (χ0v) is 8.58. The van der Waals surface area contributed by atoms with E-state index in [1.54, 1.807) is 0 Å². The van der Waals surface area contributed by atoms with Crippen LogP contribution in [0.2, 0.25) is 0 Å². The molecule has 0 spiro atoms. The molecular weight excluding hydrogens is 172 g/mol. The van der Waals surface area contributed by atoms with Crippen molar-refractivity contribution in [1.82, 2.24) is 0 Å². The highest BCUT2D eigenvalue weighted by molar-refractivity contribution is 5.14. The summed E-state index contributed by atoms with van der Waals surface area (Å²) in [5.41, 5.74) is 1.75. The van der Waals surface area contributed by atoms with E-state index in [0.717, 1.165) is 6.42 Å². The summed E-state index contributed by atoms with van der Waals surface area (Å²) in [6.45, 7) is 0.391. The third kappa shape index (κ3) is 2.36. The minimum absolute atomic E-state index is 0.328. The number of aliphatic hydroxyl groups excluding tert-OH is 1. The second kappa shape index (κ2) is 4.14. The van der Waals surface area contributed by atoms with Crippen LogP contribution in [-0.4, -0.2) is 11.7 Å². The fourth-order valence-corrected chi connectivity index (χ4v) is 1.98. The van der Waals surface area contributed by atoms with Crippen molar-refractivity contribution in [2.24, 2.45) is 5.41 Å². The zero-order valence-electron chi connectivity index (χ0n) is 8.58. The third-order valence-corrected chi connectivity index (χ3v) is 3.31. The van der Waals surface area contributed by atoms with E-state index in [4.69, 9.17) is 5.11 Å². The molecule has 1 aromatic rings. The van der Waals surface area contributed by atoms with E-state index < -0.39 is 0 Å². The van der Waals surface area contributed by atoms with Gasteiger partial charge in [0.05, 0.1) is 0 Å². The molecule has 1 aromatic carbocycles. The van der Waals surface area contributed by atoms with E-state index in [1.165, 1.54) is 31.2 Å². The van der Waals surface area contributed by atoms with Gasteiger partial charge in [0, 0.05) is 6.61 Å². The standard InChI is InChI=1S/C13H18O/c14-11-13(9-10-13)8-4-7-12-5-2-1-3-6-12/h1-3,5-6,14H,4,7-11H2. The first-order chi connectivity index (χ1) is 6.85. The fourth-order valence-electron chi connectivity index (χ4n) is 1.98. The highest BCUT2D eigenvalue weighted by Gasteiger charge is 2.40. The summed E-state index contributed by atoms with van der Waals surface area (Å²) < 4.78 is 0. The van der Waals surface area contributed by atoms with E-state index in [1.807, 2.05) is 0 Å². The summed E-state index contributed by atoms with van der Waals surface area (Å²) in [5.74, 6) is 0. The van der Waals surface area contributed by atoms with Crippen molar-refractivity contribution in [2.75, 3.05) is 6.61 Å². The van der Waals surface area contributed by atoms with Crippen molar-refractivity contribution >= 4 is 0 Å². The number of hydrogen-bond acceptors (Lipinski definition) is 1. The van der Waals surface area contributed by atoms with Crippen molar-refractivity contribution in [2.45, 2.75) is 32.1 Å². The molecule has 1 saturated carbocycles. The molecule has 1 fully saturated rings. The first-order valence-electron chi connectivity index (χ1n) is 5.49. The topological polar surface area (TPSA) is 20.2 Å². The Morgan fingerprint density at radius 1 is 1.14 bits per heavy atom. The highest BCUT2D eigenvalue weighted by atomic mass is 16.3. The van der Waals surface area contributed by atoms with Gasteiger partial charge in [-0.2, -0.15) is 0 Å². The van der Waals surface area contributed by atoms with Gasteiger partial charge < -0.3 is 5.11 Å². The van der Waals surface area contributed by atoms with Crippen LogP contribution in [-0.2, 0) is 6.42 Å². The Morgan fingerprint density at radius 3 is 2.43 bits per heavy atom. The summed E-state index contributed by atoms with van der Waals surface area (Å²) in [6.07, 6.45) is 6.03. The average molecular weight is 190 g/mol. The number of aryl methyl sites for hydroxylation is 1. The smallest absolute Gasteiger partial charge is 0.0487 e. The minimum Gasteiger partial charge on any atom is -0.396 e. The predicted molar refractivity (Wildman–Crippen MR) is 58.1 cm³/mol. The molecule has 76 valence electrons. The molecule has 1 nitrogen and oxygen atoms in total. The summed E-state index contributed by atoms with van der Waals surface area (Å²) in [6, 6.07) is 10.6. The van der Waals surface area contributed by atoms with E-state index in [9.17, 15) is 0 Å². The lowest BCUT2D eigenvalue weighted by molar-refractivity contribution is 0.201. The first-order valence-corrected chi connectivity index (χ1v) is 5.49. The molecule has 14 heavy (non-hydrogen) atoms. The van der Waals surface area contributed by atoms with Gasteiger partial charge in [0.25, 0.3) is 0 Å². The van der Waals surface area contributed by atoms with Crippen LogP contribution in [0.15, 0.2) is 30.3 Å². The number of benzene rings is 1. The normalized spacial score (nSPS) is 18.1. The average Bonchev–Trinajstić information content (AvgIpc) is 3.00. The molecule has 0 atom stereocenters. The van der Waals surface area contributed by atoms with Crippen LogP contribution in [0.4, 0.5) is 0 Å². The summed E-state index contributed by atoms with van der Waals surface area (Å²) in [7, 11) is 0. The molecule has 0 bridgehead atoms. The fraction of sp³-hybridized carbons (Fsp3) is 0.538. The summed E-state index contributed by atoms with van der Waals surface area (Å²) in [4.78, 5) is 0. The molecular formula is C13H18O. The molecule has 1 heteroatoms. The highest BCUT2D eigenvalue weighted by Crippen LogP contribution is 2.49. The van der Waals surface area contributed by atoms with Crippen LogP contribution in [0.5, 0.6) is 0 Å². The maximum absolute atomic E-state index is 9.15. The molecule has 0 unspecified atom stereocenters. The summed E-state index contributed by atoms with van der Waals surface area (Å²) >= 11 is 0. The van der Waals surface area contributed by atoms with Gasteiger partial charge in [-0.05, 0) is 43.1 Å². The van der Waals surface area contributed by atoms with Crippen LogP contribution < -0.4 is 0 Å². The van der Waals surface area contributed by atoms with Gasteiger partial charge in [-0.3, -0.25) is 0 Å². The molecule has 0 amide bonds. The van der Waals surface area contributed by atoms with E-state index in [0.29, 0.717) is 12.0 Å². The van der Waals surface area contributed by atoms with Crippen molar-refractivity contribution < 1.29 is 5.11 Å². The Labute approximate surface area is 85.8 Å². The van der Waals surface area contributed by atoms with Crippen LogP contribution in [0.1, 0.15) is 31.2 Å². The molecule has 0 saturated heterocycles. The Kier molecular flexibility index (Phi) is 2.87. The quantitative estimate of drug-likeness (QED) is 0.757. The van der Waals surface area contributed by atoms with E-state index in [-0.39, 0.29) is 0 Å². The molecule has 1 aliphatic carbocycles. The number of rotatable bonds is 5. The Hall–Kier alpha value is -0.820. The molecule has 2 rings (SSSR count). The predicted octanol–water partition coefficient (Wildman–Crippen LogP) is 2.78. The number of aliphatic hydroxyl groups is 1. The molecule has 0 radical (unpaired) electrons. The molecule has 0 aromatic heterocycles. The summed E-state index contributed by atoms with van der Waals surface area (Å²) in [5, 5.41) is 9.15. The second-order valence-corrected chi connectivity index (χ2v) is 4.50. The zero-order chi connectivity index (χ0) is 9.86. The van der Waals surface area contributed by atoms with Crippen LogP contribution in [0.25, 0.3) is 0 Å². The van der Waals surface area contributed by atoms with Crippen LogP contribution >= 0.6 is 0 Å². The Bertz CT molecular complexity index is 275. The number of hydrogen-bond donors (Lipinski definition) is 1. The third-order valence-electron chi connectivity index (χ3n) is 3.31. The lowest BCUT2D eigenvalue weighted by Gasteiger charge is -2.10. The molecule has 0 heterocycles. The lowest BCUT2D eigenvalue weighted by atomic mass is 9.98. The van der Waals surface area contributed by atoms with Crippen LogP contribution in [0, 0.1) is 5.41 Å². The Balaban J connectivity index is 1.73. The maximum atomic E-state index is 9.15. The van der Waals surface area contributed by atoms with Gasteiger partial charge in [0.15, 0.2) is 0 Å².